The molecule has 92 valence electrons. The smallest absolute Gasteiger partial charge is 0.248 e. The first kappa shape index (κ1) is 13.3. The van der Waals surface area contributed by atoms with Gasteiger partial charge in [0.15, 0.2) is 0 Å². The Morgan fingerprint density at radius 3 is 2.94 bits per heavy atom. The van der Waals surface area contributed by atoms with E-state index in [9.17, 15) is 4.79 Å². The summed E-state index contributed by atoms with van der Waals surface area (Å²) in [5.41, 5.74) is 0.711. The number of hydrogen-bond acceptors (Lipinski definition) is 3. The molecule has 0 unspecified atom stereocenters. The molecule has 0 saturated carbocycles. The Labute approximate surface area is 101 Å². The summed E-state index contributed by atoms with van der Waals surface area (Å²) in [6.07, 6.45) is 3.16. The molecule has 0 aliphatic carbocycles. The molecule has 1 N–H and O–H groups in total. The Balaban J connectivity index is 2.56. The summed E-state index contributed by atoms with van der Waals surface area (Å²) in [6, 6.07) is 7.25. The molecule has 4 heteroatoms. The minimum Gasteiger partial charge on any atom is -0.491 e. The predicted octanol–water partition coefficient (Wildman–Crippen LogP) is 2.23. The zero-order valence-electron chi connectivity index (χ0n) is 10.1. The molecule has 1 aromatic rings. The van der Waals surface area contributed by atoms with Gasteiger partial charge in [-0.05, 0) is 25.1 Å². The molecule has 1 aromatic carbocycles. The van der Waals surface area contributed by atoms with Gasteiger partial charge < -0.3 is 14.8 Å². The van der Waals surface area contributed by atoms with Gasteiger partial charge in [-0.15, -0.1) is 0 Å². The molecule has 0 bridgehead atoms. The van der Waals surface area contributed by atoms with Crippen molar-refractivity contribution in [2.45, 2.75) is 6.92 Å². The van der Waals surface area contributed by atoms with Crippen molar-refractivity contribution in [1.82, 2.24) is 0 Å². The summed E-state index contributed by atoms with van der Waals surface area (Å²) < 4.78 is 10.3. The molecule has 0 aliphatic rings. The molecule has 17 heavy (non-hydrogen) atoms. The molecule has 0 fully saturated rings. The van der Waals surface area contributed by atoms with Gasteiger partial charge in [-0.2, -0.15) is 0 Å². The van der Waals surface area contributed by atoms with Crippen LogP contribution >= 0.6 is 0 Å². The Bertz CT molecular complexity index is 388. The molecule has 1 rings (SSSR count). The van der Waals surface area contributed by atoms with E-state index in [4.69, 9.17) is 9.47 Å². The van der Waals surface area contributed by atoms with Crippen molar-refractivity contribution >= 4 is 11.6 Å². The van der Waals surface area contributed by atoms with E-state index in [0.717, 1.165) is 0 Å². The third-order valence-electron chi connectivity index (χ3n) is 1.98. The van der Waals surface area contributed by atoms with E-state index in [0.29, 0.717) is 24.7 Å². The van der Waals surface area contributed by atoms with Gasteiger partial charge >= 0.3 is 0 Å². The van der Waals surface area contributed by atoms with E-state index in [1.165, 1.54) is 6.08 Å². The first-order chi connectivity index (χ1) is 8.26. The number of benzene rings is 1. The summed E-state index contributed by atoms with van der Waals surface area (Å²) in [7, 11) is 1.62. The summed E-state index contributed by atoms with van der Waals surface area (Å²) >= 11 is 0. The molecule has 0 saturated heterocycles. The quantitative estimate of drug-likeness (QED) is 0.607. The zero-order valence-corrected chi connectivity index (χ0v) is 10.1. The van der Waals surface area contributed by atoms with Crippen molar-refractivity contribution in [3.8, 4) is 5.75 Å². The Kier molecular flexibility index (Phi) is 5.82. The van der Waals surface area contributed by atoms with Crippen LogP contribution in [0, 0.1) is 0 Å². The van der Waals surface area contributed by atoms with Crippen LogP contribution < -0.4 is 10.1 Å². The molecule has 0 aliphatic heterocycles. The molecule has 4 nitrogen and oxygen atoms in total. The van der Waals surface area contributed by atoms with Crippen molar-refractivity contribution < 1.29 is 14.3 Å². The van der Waals surface area contributed by atoms with Crippen molar-refractivity contribution in [2.24, 2.45) is 0 Å². The van der Waals surface area contributed by atoms with Crippen molar-refractivity contribution in [2.75, 3.05) is 25.6 Å². The fraction of sp³-hybridized carbons (Fsp3) is 0.308. The van der Waals surface area contributed by atoms with E-state index in [2.05, 4.69) is 5.32 Å². The molecule has 0 spiro atoms. The summed E-state index contributed by atoms with van der Waals surface area (Å²) in [5.74, 6) is 0.557. The molecule has 0 atom stereocenters. The third-order valence-corrected chi connectivity index (χ3v) is 1.98. The van der Waals surface area contributed by atoms with Crippen LogP contribution in [0.2, 0.25) is 0 Å². The second kappa shape index (κ2) is 7.46. The number of nitrogens with one attached hydrogen (secondary N) is 1. The molecule has 0 radical (unpaired) electrons. The predicted molar refractivity (Wildman–Crippen MR) is 67.3 cm³/mol. The van der Waals surface area contributed by atoms with Gasteiger partial charge in [0.05, 0.1) is 6.61 Å². The molecule has 0 heterocycles. The van der Waals surface area contributed by atoms with Gasteiger partial charge in [0.2, 0.25) is 5.91 Å². The Morgan fingerprint density at radius 2 is 2.24 bits per heavy atom. The number of anilines is 1. The fourth-order valence-electron chi connectivity index (χ4n) is 1.24. The lowest BCUT2D eigenvalue weighted by molar-refractivity contribution is -0.111. The normalized spacial score (nSPS) is 10.5. The highest BCUT2D eigenvalue weighted by atomic mass is 16.5. The van der Waals surface area contributed by atoms with Gasteiger partial charge in [0.25, 0.3) is 0 Å². The van der Waals surface area contributed by atoms with Crippen LogP contribution in [-0.2, 0) is 9.53 Å². The van der Waals surface area contributed by atoms with Gasteiger partial charge in [-0.25, -0.2) is 0 Å². The van der Waals surface area contributed by atoms with Gasteiger partial charge in [-0.1, -0.05) is 12.1 Å². The number of allylic oxidation sites excluding steroid dienone is 1. The Hall–Kier alpha value is -1.81. The summed E-state index contributed by atoms with van der Waals surface area (Å²) in [4.78, 5) is 11.3. The lowest BCUT2D eigenvalue weighted by atomic mass is 10.3. The number of carbonyl (C=O) groups is 1. The fourth-order valence-corrected chi connectivity index (χ4v) is 1.24. The number of methoxy groups -OCH3 is 1. The van der Waals surface area contributed by atoms with Crippen LogP contribution in [0.4, 0.5) is 5.69 Å². The lowest BCUT2D eigenvalue weighted by Crippen LogP contribution is -2.08. The molecular formula is C13H17NO3. The zero-order chi connectivity index (χ0) is 12.5. The van der Waals surface area contributed by atoms with E-state index >= 15 is 0 Å². The highest BCUT2D eigenvalue weighted by molar-refractivity contribution is 5.99. The number of rotatable bonds is 6. The number of ether oxygens (including phenoxy) is 2. The minimum atomic E-state index is -0.151. The van der Waals surface area contributed by atoms with Crippen LogP contribution in [0.15, 0.2) is 36.4 Å². The van der Waals surface area contributed by atoms with E-state index in [-0.39, 0.29) is 5.91 Å². The molecule has 0 aromatic heterocycles. The maximum atomic E-state index is 11.3. The average molecular weight is 235 g/mol. The monoisotopic (exact) mass is 235 g/mol. The van der Waals surface area contributed by atoms with Crippen LogP contribution in [0.1, 0.15) is 6.92 Å². The number of amides is 1. The molecular weight excluding hydrogens is 218 g/mol. The highest BCUT2D eigenvalue weighted by Crippen LogP contribution is 2.17. The standard InChI is InChI=1S/C13H17NO3/c1-3-5-13(15)14-11-6-4-7-12(10-11)17-9-8-16-2/h3-7,10H,8-9H2,1-2H3,(H,14,15). The molecule has 1 amide bonds. The number of hydrogen-bond donors (Lipinski definition) is 1. The maximum Gasteiger partial charge on any atom is 0.248 e. The van der Waals surface area contributed by atoms with Crippen molar-refractivity contribution in [1.29, 1.82) is 0 Å². The summed E-state index contributed by atoms with van der Waals surface area (Å²) in [6.45, 7) is 2.82. The van der Waals surface area contributed by atoms with Gasteiger partial charge in [0.1, 0.15) is 12.4 Å². The lowest BCUT2D eigenvalue weighted by Gasteiger charge is -2.07. The second-order valence-corrected chi connectivity index (χ2v) is 3.36. The van der Waals surface area contributed by atoms with Gasteiger partial charge in [-0.3, -0.25) is 4.79 Å². The van der Waals surface area contributed by atoms with Crippen LogP contribution in [-0.4, -0.2) is 26.2 Å². The van der Waals surface area contributed by atoms with E-state index in [1.54, 1.807) is 26.2 Å². The van der Waals surface area contributed by atoms with Gasteiger partial charge in [0, 0.05) is 18.9 Å². The van der Waals surface area contributed by atoms with Crippen LogP contribution in [0.3, 0.4) is 0 Å². The largest absolute Gasteiger partial charge is 0.491 e. The minimum absolute atomic E-state index is 0.151. The first-order valence-electron chi connectivity index (χ1n) is 5.41. The van der Waals surface area contributed by atoms with E-state index in [1.807, 2.05) is 18.2 Å². The van der Waals surface area contributed by atoms with Crippen LogP contribution in [0.5, 0.6) is 5.75 Å². The third kappa shape index (κ3) is 5.17. The SMILES string of the molecule is CC=CC(=O)Nc1cccc(OCCOC)c1. The second-order valence-electron chi connectivity index (χ2n) is 3.36. The average Bonchev–Trinajstić information content (AvgIpc) is 2.30. The van der Waals surface area contributed by atoms with Crippen LogP contribution in [0.25, 0.3) is 0 Å². The first-order valence-corrected chi connectivity index (χ1v) is 5.41. The Morgan fingerprint density at radius 1 is 1.41 bits per heavy atom. The highest BCUT2D eigenvalue weighted by Gasteiger charge is 1.99. The van der Waals surface area contributed by atoms with Crippen molar-refractivity contribution in [3.63, 3.8) is 0 Å². The number of carbonyl (C=O) groups excluding carboxylic acids is 1. The summed E-state index contributed by atoms with van der Waals surface area (Å²) in [5, 5.41) is 2.74. The topological polar surface area (TPSA) is 47.6 Å². The van der Waals surface area contributed by atoms with E-state index < -0.39 is 0 Å². The van der Waals surface area contributed by atoms with Crippen molar-refractivity contribution in [3.05, 3.63) is 36.4 Å². The maximum absolute atomic E-state index is 11.3.